The monoisotopic (exact) mass is 510 g/mol. The van der Waals surface area contributed by atoms with E-state index in [1.54, 1.807) is 18.2 Å². The average Bonchev–Trinajstić information content (AvgIpc) is 3.23. The minimum Gasteiger partial charge on any atom is -0.494 e. The van der Waals surface area contributed by atoms with Crippen LogP contribution in [-0.4, -0.2) is 86.0 Å². The van der Waals surface area contributed by atoms with Crippen molar-refractivity contribution in [3.05, 3.63) is 24.0 Å². The quantitative estimate of drug-likeness (QED) is 0.415. The lowest BCUT2D eigenvalue weighted by atomic mass is 10.0. The van der Waals surface area contributed by atoms with Crippen molar-refractivity contribution in [2.24, 2.45) is 5.92 Å². The highest BCUT2D eigenvalue weighted by Crippen LogP contribution is 2.33. The summed E-state index contributed by atoms with van der Waals surface area (Å²) in [5, 5.41) is 0. The number of imidazole rings is 1. The van der Waals surface area contributed by atoms with Crippen molar-refractivity contribution < 1.29 is 26.7 Å². The number of benzene rings is 1. The Morgan fingerprint density at radius 2 is 1.77 bits per heavy atom. The number of methoxy groups -OCH3 is 1. The van der Waals surface area contributed by atoms with Crippen molar-refractivity contribution in [2.75, 3.05) is 62.8 Å². The lowest BCUT2D eigenvalue weighted by molar-refractivity contribution is 0.122. The van der Waals surface area contributed by atoms with Crippen LogP contribution in [0, 0.1) is 5.92 Å². The van der Waals surface area contributed by atoms with Crippen LogP contribution in [0.5, 0.6) is 5.75 Å². The number of hydrogen-bond acceptors (Lipinski definition) is 10. The third kappa shape index (κ3) is 4.70. The minimum absolute atomic E-state index is 0.0201. The van der Waals surface area contributed by atoms with Crippen LogP contribution in [0.25, 0.3) is 17.0 Å². The van der Waals surface area contributed by atoms with Gasteiger partial charge in [-0.2, -0.15) is 15.0 Å². The first-order valence-corrected chi connectivity index (χ1v) is 12.2. The van der Waals surface area contributed by atoms with Gasteiger partial charge in [0.05, 0.1) is 25.8 Å². The normalized spacial score (nSPS) is 16.9. The number of para-hydroxylation sites is 1. The third-order valence-corrected chi connectivity index (χ3v) is 6.37. The highest BCUT2D eigenvalue weighted by Gasteiger charge is 2.31. The van der Waals surface area contributed by atoms with E-state index in [9.17, 15) is 17.2 Å². The summed E-state index contributed by atoms with van der Waals surface area (Å²) in [5.74, 6) is 0.642. The molecule has 0 bridgehead atoms. The second kappa shape index (κ2) is 9.83. The molecule has 0 atom stereocenters. The average molecular weight is 511 g/mol. The summed E-state index contributed by atoms with van der Waals surface area (Å²) in [7, 11) is -1.22. The molecule has 1 N–H and O–H groups in total. The Morgan fingerprint density at radius 3 is 2.43 bits per heavy atom. The van der Waals surface area contributed by atoms with Gasteiger partial charge >= 0.3 is 0 Å². The molecule has 3 aromatic rings. The number of alkyl halides is 2. The highest BCUT2D eigenvalue weighted by atomic mass is 32.2. The number of hydrogen-bond donors (Lipinski definition) is 2. The number of morpholine rings is 1. The smallest absolute Gasteiger partial charge is 0.296 e. The largest absolute Gasteiger partial charge is 0.494 e. The molecule has 4 heterocycles. The summed E-state index contributed by atoms with van der Waals surface area (Å²) < 4.78 is 64.2. The molecule has 0 saturated carbocycles. The van der Waals surface area contributed by atoms with Gasteiger partial charge in [-0.05, 0) is 12.1 Å². The Labute approximate surface area is 201 Å². The van der Waals surface area contributed by atoms with E-state index in [1.165, 1.54) is 11.7 Å². The Hall–Kier alpha value is -3.17. The van der Waals surface area contributed by atoms with Crippen molar-refractivity contribution in [3.63, 3.8) is 0 Å². The van der Waals surface area contributed by atoms with E-state index in [0.29, 0.717) is 69.1 Å². The van der Waals surface area contributed by atoms with Crippen LogP contribution in [-0.2, 0) is 15.6 Å². The number of nitrogens with zero attached hydrogens (tertiary/aromatic N) is 7. The molecule has 15 heteroatoms. The molecule has 1 aromatic carbocycles. The zero-order valence-corrected chi connectivity index (χ0v) is 19.7. The van der Waals surface area contributed by atoms with Crippen molar-refractivity contribution in [1.29, 1.82) is 0 Å². The van der Waals surface area contributed by atoms with Crippen LogP contribution in [0.2, 0.25) is 0 Å². The minimum atomic E-state index is -2.88. The van der Waals surface area contributed by atoms with Crippen LogP contribution in [0.4, 0.5) is 20.7 Å². The molecule has 188 valence electrons. The van der Waals surface area contributed by atoms with Gasteiger partial charge in [0, 0.05) is 38.6 Å². The fourth-order valence-corrected chi connectivity index (χ4v) is 4.58. The maximum absolute atomic E-state index is 14.1. The zero-order valence-electron chi connectivity index (χ0n) is 18.8. The van der Waals surface area contributed by atoms with Gasteiger partial charge < -0.3 is 19.3 Å². The molecule has 2 saturated heterocycles. The molecule has 5 rings (SSSR count). The molecule has 2 aliphatic rings. The van der Waals surface area contributed by atoms with E-state index in [-0.39, 0.29) is 17.4 Å². The van der Waals surface area contributed by atoms with Gasteiger partial charge in [0.1, 0.15) is 11.3 Å². The Kier molecular flexibility index (Phi) is 6.62. The first kappa shape index (κ1) is 23.6. The zero-order chi connectivity index (χ0) is 24.5. The van der Waals surface area contributed by atoms with Crippen molar-refractivity contribution in [1.82, 2.24) is 29.2 Å². The van der Waals surface area contributed by atoms with Crippen LogP contribution in [0.3, 0.4) is 0 Å². The standard InChI is InChI=1S/C20H24F2N8O4S/c1-33-14-4-2-3-13-15(14)24-17(16(21)22)30(13)20-26-18(28-5-7-34-8-6-28)25-19(27-20)29-10-12(11-29)9-23-35(31)32/h2-4,12,16,35H,5-11H2,1H3,(H,23,31,32). The molecule has 2 aromatic heterocycles. The van der Waals surface area contributed by atoms with Gasteiger partial charge in [0.15, 0.2) is 5.82 Å². The summed E-state index contributed by atoms with van der Waals surface area (Å²) in [6.07, 6.45) is -2.88. The molecule has 0 spiro atoms. The van der Waals surface area contributed by atoms with Crippen LogP contribution in [0.15, 0.2) is 18.2 Å². The Morgan fingerprint density at radius 1 is 1.09 bits per heavy atom. The van der Waals surface area contributed by atoms with Crippen LogP contribution in [0.1, 0.15) is 12.2 Å². The number of ether oxygens (including phenoxy) is 2. The van der Waals surface area contributed by atoms with Crippen LogP contribution < -0.4 is 19.3 Å². The van der Waals surface area contributed by atoms with E-state index < -0.39 is 23.1 Å². The van der Waals surface area contributed by atoms with Gasteiger partial charge in [0.2, 0.25) is 28.7 Å². The number of rotatable bonds is 8. The van der Waals surface area contributed by atoms with E-state index in [4.69, 9.17) is 9.47 Å². The first-order chi connectivity index (χ1) is 16.9. The Bertz CT molecular complexity index is 1280. The summed E-state index contributed by atoms with van der Waals surface area (Å²) >= 11 is 0. The van der Waals surface area contributed by atoms with E-state index in [2.05, 4.69) is 24.7 Å². The molecule has 0 amide bonds. The third-order valence-electron chi connectivity index (χ3n) is 5.93. The van der Waals surface area contributed by atoms with Gasteiger partial charge in [-0.3, -0.25) is 4.57 Å². The van der Waals surface area contributed by atoms with Crippen molar-refractivity contribution >= 4 is 33.8 Å². The van der Waals surface area contributed by atoms with E-state index in [1.807, 2.05) is 9.80 Å². The van der Waals surface area contributed by atoms with Gasteiger partial charge in [-0.1, -0.05) is 6.07 Å². The lowest BCUT2D eigenvalue weighted by Crippen LogP contribution is -2.51. The molecule has 2 aliphatic heterocycles. The number of fused-ring (bicyclic) bond motifs is 1. The number of aromatic nitrogens is 5. The molecule has 12 nitrogen and oxygen atoms in total. The second-order valence-corrected chi connectivity index (χ2v) is 8.99. The van der Waals surface area contributed by atoms with E-state index in [0.717, 1.165) is 0 Å². The molecular weight excluding hydrogens is 486 g/mol. The fourth-order valence-electron chi connectivity index (χ4n) is 4.17. The van der Waals surface area contributed by atoms with Gasteiger partial charge in [-0.15, -0.1) is 0 Å². The van der Waals surface area contributed by atoms with Gasteiger partial charge in [0.25, 0.3) is 6.43 Å². The Balaban J connectivity index is 1.58. The van der Waals surface area contributed by atoms with Crippen molar-refractivity contribution in [3.8, 4) is 11.7 Å². The second-order valence-electron chi connectivity index (χ2n) is 8.16. The number of nitrogens with one attached hydrogen (secondary N) is 1. The molecule has 0 unspecified atom stereocenters. The summed E-state index contributed by atoms with van der Waals surface area (Å²) in [4.78, 5) is 21.6. The van der Waals surface area contributed by atoms with E-state index >= 15 is 0 Å². The number of anilines is 2. The maximum atomic E-state index is 14.1. The maximum Gasteiger partial charge on any atom is 0.296 e. The molecule has 2 fully saturated rings. The molecule has 0 aliphatic carbocycles. The predicted molar refractivity (Wildman–Crippen MR) is 123 cm³/mol. The number of thiol groups is 1. The first-order valence-electron chi connectivity index (χ1n) is 11.0. The van der Waals surface area contributed by atoms with Gasteiger partial charge in [-0.25, -0.2) is 26.9 Å². The summed E-state index contributed by atoms with van der Waals surface area (Å²) in [5.41, 5.74) is 0.664. The molecular formula is C20H24F2N8O4S. The molecule has 0 radical (unpaired) electrons. The SMILES string of the molecule is COc1cccc2c1nc(C(F)F)n2-c1nc(N2CCOCC2)nc(N2CC(CN[SH](=O)=O)C2)n1. The molecule has 35 heavy (non-hydrogen) atoms. The predicted octanol–water partition coefficient (Wildman–Crippen LogP) is 0.545. The highest BCUT2D eigenvalue weighted by molar-refractivity contribution is 7.70. The topological polar surface area (TPSA) is 128 Å². The summed E-state index contributed by atoms with van der Waals surface area (Å²) in [6.45, 7) is 3.43. The van der Waals surface area contributed by atoms with Crippen LogP contribution >= 0.6 is 0 Å². The number of halogens is 2. The fraction of sp³-hybridized carbons (Fsp3) is 0.500. The van der Waals surface area contributed by atoms with Crippen molar-refractivity contribution in [2.45, 2.75) is 6.43 Å². The summed E-state index contributed by atoms with van der Waals surface area (Å²) in [6, 6.07) is 4.99. The lowest BCUT2D eigenvalue weighted by Gasteiger charge is -2.39.